The Morgan fingerprint density at radius 1 is 1.07 bits per heavy atom. The molecule has 1 saturated heterocycles. The van der Waals surface area contributed by atoms with E-state index in [4.69, 9.17) is 18.8 Å². The molecule has 27 heavy (non-hydrogen) atoms. The van der Waals surface area contributed by atoms with Crippen molar-refractivity contribution in [3.63, 3.8) is 0 Å². The van der Waals surface area contributed by atoms with Gasteiger partial charge in [-0.1, -0.05) is 38.3 Å². The smallest absolute Gasteiger partial charge is 0.494 e. The van der Waals surface area contributed by atoms with Crippen molar-refractivity contribution < 1.29 is 18.8 Å². The fourth-order valence-electron chi connectivity index (χ4n) is 4.09. The van der Waals surface area contributed by atoms with E-state index in [9.17, 15) is 0 Å². The Morgan fingerprint density at radius 3 is 2.37 bits per heavy atom. The summed E-state index contributed by atoms with van der Waals surface area (Å²) >= 11 is 0. The molecular weight excluding hydrogens is 339 g/mol. The van der Waals surface area contributed by atoms with Crippen LogP contribution in [0, 0.1) is 5.92 Å². The van der Waals surface area contributed by atoms with E-state index in [0.29, 0.717) is 18.6 Å². The monoisotopic (exact) mass is 374 g/mol. The molecule has 2 fully saturated rings. The molecule has 0 N–H and O–H groups in total. The van der Waals surface area contributed by atoms with Crippen molar-refractivity contribution in [3.8, 4) is 5.75 Å². The van der Waals surface area contributed by atoms with Crippen molar-refractivity contribution in [3.05, 3.63) is 23.8 Å². The van der Waals surface area contributed by atoms with E-state index in [1.165, 1.54) is 25.7 Å². The van der Waals surface area contributed by atoms with Crippen LogP contribution in [0.4, 0.5) is 0 Å². The molecule has 1 aliphatic carbocycles. The molecule has 0 amide bonds. The highest BCUT2D eigenvalue weighted by Gasteiger charge is 2.51. The highest BCUT2D eigenvalue weighted by molar-refractivity contribution is 6.62. The first-order chi connectivity index (χ1) is 12.8. The van der Waals surface area contributed by atoms with Gasteiger partial charge in [0.25, 0.3) is 0 Å². The summed E-state index contributed by atoms with van der Waals surface area (Å²) in [4.78, 5) is 0. The van der Waals surface area contributed by atoms with Crippen LogP contribution < -0.4 is 10.2 Å². The van der Waals surface area contributed by atoms with Gasteiger partial charge in [-0.25, -0.2) is 0 Å². The normalized spacial score (nSPS) is 27.0. The summed E-state index contributed by atoms with van der Waals surface area (Å²) in [5.41, 5.74) is 1.39. The lowest BCUT2D eigenvalue weighted by atomic mass is 9.78. The number of ether oxygens (including phenoxy) is 2. The fourth-order valence-corrected chi connectivity index (χ4v) is 4.09. The van der Waals surface area contributed by atoms with Gasteiger partial charge < -0.3 is 18.8 Å². The molecule has 0 bridgehead atoms. The molecule has 1 aromatic carbocycles. The van der Waals surface area contributed by atoms with Crippen molar-refractivity contribution in [2.45, 2.75) is 90.6 Å². The minimum absolute atomic E-state index is 0.343. The van der Waals surface area contributed by atoms with Gasteiger partial charge in [0.15, 0.2) is 0 Å². The average molecular weight is 374 g/mol. The SMILES string of the molecule is CCC1CCCCC1OCc1cc(B2OC(C)(C)C(C)(C)O2)ccc1OC. The molecule has 0 radical (unpaired) electrons. The van der Waals surface area contributed by atoms with Crippen LogP contribution in [-0.2, 0) is 20.7 Å². The first-order valence-electron chi connectivity index (χ1n) is 10.4. The van der Waals surface area contributed by atoms with Crippen LogP contribution in [0.2, 0.25) is 0 Å². The molecule has 1 saturated carbocycles. The molecule has 5 heteroatoms. The maximum atomic E-state index is 6.35. The molecule has 150 valence electrons. The Hall–Kier alpha value is -1.04. The number of hydrogen-bond donors (Lipinski definition) is 0. The molecule has 0 spiro atoms. The van der Waals surface area contributed by atoms with Gasteiger partial charge in [-0.3, -0.25) is 0 Å². The van der Waals surface area contributed by atoms with Gasteiger partial charge in [-0.2, -0.15) is 0 Å². The summed E-state index contributed by atoms with van der Waals surface area (Å²) in [5, 5.41) is 0. The van der Waals surface area contributed by atoms with Gasteiger partial charge >= 0.3 is 7.12 Å². The van der Waals surface area contributed by atoms with Gasteiger partial charge in [0.1, 0.15) is 5.75 Å². The topological polar surface area (TPSA) is 36.9 Å². The molecular formula is C22H35BO4. The lowest BCUT2D eigenvalue weighted by Crippen LogP contribution is -2.41. The number of benzene rings is 1. The van der Waals surface area contributed by atoms with Crippen molar-refractivity contribution in [2.75, 3.05) is 7.11 Å². The maximum absolute atomic E-state index is 6.35. The average Bonchev–Trinajstić information content (AvgIpc) is 2.87. The summed E-state index contributed by atoms with van der Waals surface area (Å²) in [6.45, 7) is 11.1. The third kappa shape index (κ3) is 4.36. The quantitative estimate of drug-likeness (QED) is 0.688. The van der Waals surface area contributed by atoms with E-state index in [0.717, 1.165) is 23.2 Å². The van der Waals surface area contributed by atoms with Crippen LogP contribution in [0.1, 0.15) is 72.3 Å². The second kappa shape index (κ2) is 8.14. The highest BCUT2D eigenvalue weighted by atomic mass is 16.7. The van der Waals surface area contributed by atoms with Gasteiger partial charge in [0.05, 0.1) is 31.0 Å². The van der Waals surface area contributed by atoms with E-state index >= 15 is 0 Å². The third-order valence-electron chi connectivity index (χ3n) is 6.65. The highest BCUT2D eigenvalue weighted by Crippen LogP contribution is 2.37. The van der Waals surface area contributed by atoms with E-state index in [2.05, 4.69) is 40.7 Å². The van der Waals surface area contributed by atoms with Gasteiger partial charge in [0, 0.05) is 5.56 Å². The lowest BCUT2D eigenvalue weighted by molar-refractivity contribution is -0.0227. The Morgan fingerprint density at radius 2 is 1.74 bits per heavy atom. The Kier molecular flexibility index (Phi) is 6.24. The first kappa shape index (κ1) is 20.7. The summed E-state index contributed by atoms with van der Waals surface area (Å²) in [5.74, 6) is 1.54. The molecule has 1 aliphatic heterocycles. The Balaban J connectivity index is 1.74. The molecule has 1 aromatic rings. The number of methoxy groups -OCH3 is 1. The zero-order valence-electron chi connectivity index (χ0n) is 17.8. The summed E-state index contributed by atoms with van der Waals surface area (Å²) in [6.07, 6.45) is 6.60. The molecule has 2 unspecified atom stereocenters. The minimum Gasteiger partial charge on any atom is -0.496 e. The standard InChI is InChI=1S/C22H35BO4/c1-7-16-10-8-9-11-20(16)25-15-17-14-18(12-13-19(17)24-6)23-26-21(2,3)22(4,5)27-23/h12-14,16,20H,7-11,15H2,1-6H3. The maximum Gasteiger partial charge on any atom is 0.494 e. The van der Waals surface area contributed by atoms with Gasteiger partial charge in [-0.05, 0) is 58.0 Å². The molecule has 4 nitrogen and oxygen atoms in total. The van der Waals surface area contributed by atoms with Crippen LogP contribution >= 0.6 is 0 Å². The predicted octanol–water partition coefficient (Wildman–Crippen LogP) is 4.48. The van der Waals surface area contributed by atoms with Crippen LogP contribution in [0.3, 0.4) is 0 Å². The van der Waals surface area contributed by atoms with Crippen molar-refractivity contribution in [1.82, 2.24) is 0 Å². The Bertz CT molecular complexity index is 627. The zero-order chi connectivity index (χ0) is 19.7. The van der Waals surface area contributed by atoms with Crippen LogP contribution in [0.15, 0.2) is 18.2 Å². The fraction of sp³-hybridized carbons (Fsp3) is 0.727. The minimum atomic E-state index is -0.363. The first-order valence-corrected chi connectivity index (χ1v) is 10.4. The van der Waals surface area contributed by atoms with Crippen molar-refractivity contribution in [1.29, 1.82) is 0 Å². The molecule has 0 aromatic heterocycles. The Labute approximate surface area is 165 Å². The van der Waals surface area contributed by atoms with Crippen LogP contribution in [-0.4, -0.2) is 31.5 Å². The number of hydrogen-bond acceptors (Lipinski definition) is 4. The van der Waals surface area contributed by atoms with Crippen LogP contribution in [0.5, 0.6) is 5.75 Å². The second-order valence-corrected chi connectivity index (χ2v) is 8.96. The third-order valence-corrected chi connectivity index (χ3v) is 6.65. The van der Waals surface area contributed by atoms with E-state index in [-0.39, 0.29) is 18.3 Å². The van der Waals surface area contributed by atoms with E-state index in [1.807, 2.05) is 12.1 Å². The largest absolute Gasteiger partial charge is 0.496 e. The lowest BCUT2D eigenvalue weighted by Gasteiger charge is -2.32. The predicted molar refractivity (Wildman–Crippen MR) is 110 cm³/mol. The van der Waals surface area contributed by atoms with Crippen molar-refractivity contribution >= 4 is 12.6 Å². The van der Waals surface area contributed by atoms with Gasteiger partial charge in [-0.15, -0.1) is 0 Å². The second-order valence-electron chi connectivity index (χ2n) is 8.96. The summed E-state index contributed by atoms with van der Waals surface area (Å²) in [7, 11) is 1.35. The molecule has 2 atom stereocenters. The van der Waals surface area contributed by atoms with E-state index < -0.39 is 0 Å². The summed E-state index contributed by atoms with van der Waals surface area (Å²) < 4.78 is 24.3. The zero-order valence-corrected chi connectivity index (χ0v) is 17.8. The summed E-state index contributed by atoms with van der Waals surface area (Å²) in [6, 6.07) is 6.14. The molecule has 2 aliphatic rings. The van der Waals surface area contributed by atoms with Crippen molar-refractivity contribution in [2.24, 2.45) is 5.92 Å². The molecule has 1 heterocycles. The number of rotatable bonds is 6. The van der Waals surface area contributed by atoms with Crippen LogP contribution in [0.25, 0.3) is 0 Å². The molecule has 3 rings (SSSR count). The van der Waals surface area contributed by atoms with E-state index in [1.54, 1.807) is 7.11 Å². The van der Waals surface area contributed by atoms with Gasteiger partial charge in [0.2, 0.25) is 0 Å².